The van der Waals surface area contributed by atoms with Gasteiger partial charge in [-0.1, -0.05) is 12.1 Å². The molecule has 7 nitrogen and oxygen atoms in total. The Morgan fingerprint density at radius 3 is 2.90 bits per heavy atom. The third kappa shape index (κ3) is 4.26. The molecule has 0 saturated heterocycles. The van der Waals surface area contributed by atoms with E-state index in [1.165, 1.54) is 12.3 Å². The first-order valence-electron chi connectivity index (χ1n) is 6.31. The predicted octanol–water partition coefficient (Wildman–Crippen LogP) is 2.13. The number of sulfonamides is 1. The predicted molar refractivity (Wildman–Crippen MR) is 81.2 cm³/mol. The third-order valence-corrected chi connectivity index (χ3v) is 4.43. The lowest BCUT2D eigenvalue weighted by atomic mass is 10.4. The molecule has 2 heterocycles. The zero-order valence-corrected chi connectivity index (χ0v) is 13.7. The van der Waals surface area contributed by atoms with Gasteiger partial charge >= 0.3 is 0 Å². The molecule has 0 fully saturated rings. The summed E-state index contributed by atoms with van der Waals surface area (Å²) in [6.45, 7) is 2.66. The van der Waals surface area contributed by atoms with Gasteiger partial charge < -0.3 is 9.84 Å². The lowest BCUT2D eigenvalue weighted by molar-refractivity contribution is 0.380. The Labute approximate surface area is 131 Å². The smallest absolute Gasteiger partial charge is 0.244 e. The molecular weight excluding hydrogens is 360 g/mol. The Morgan fingerprint density at radius 2 is 2.24 bits per heavy atom. The van der Waals surface area contributed by atoms with Crippen molar-refractivity contribution in [2.45, 2.75) is 24.8 Å². The zero-order chi connectivity index (χ0) is 15.3. The van der Waals surface area contributed by atoms with Crippen LogP contribution in [0, 0.1) is 0 Å². The number of anilines is 1. The Kier molecular flexibility index (Phi) is 5.32. The highest BCUT2D eigenvalue weighted by Gasteiger charge is 2.20. The maximum atomic E-state index is 12.4. The number of hydrogen-bond donors (Lipinski definition) is 2. The van der Waals surface area contributed by atoms with Crippen LogP contribution in [0.5, 0.6) is 0 Å². The molecule has 0 amide bonds. The standard InChI is InChI=1S/C12H15BrN4O3S/c1-2-4-14-12-11(6-9(13)7-15-12)21(18,19)17-8-10-3-5-16-20-10/h3,5-7,17H,2,4,8H2,1H3,(H,14,15). The minimum absolute atomic E-state index is 0.0298. The van der Waals surface area contributed by atoms with Crippen molar-refractivity contribution < 1.29 is 12.9 Å². The van der Waals surface area contributed by atoms with Crippen LogP contribution < -0.4 is 10.0 Å². The molecule has 0 bridgehead atoms. The molecule has 0 aromatic carbocycles. The molecule has 0 aliphatic carbocycles. The molecule has 0 spiro atoms. The molecule has 2 rings (SSSR count). The van der Waals surface area contributed by atoms with Crippen molar-refractivity contribution in [3.63, 3.8) is 0 Å². The van der Waals surface area contributed by atoms with Crippen molar-refractivity contribution in [1.29, 1.82) is 0 Å². The molecule has 21 heavy (non-hydrogen) atoms. The second-order valence-electron chi connectivity index (χ2n) is 4.23. The fourth-order valence-corrected chi connectivity index (χ4v) is 3.21. The summed E-state index contributed by atoms with van der Waals surface area (Å²) < 4.78 is 32.7. The van der Waals surface area contributed by atoms with Crippen LogP contribution in [0.2, 0.25) is 0 Å². The van der Waals surface area contributed by atoms with Gasteiger partial charge in [-0.15, -0.1) is 0 Å². The summed E-state index contributed by atoms with van der Waals surface area (Å²) in [7, 11) is -3.71. The van der Waals surface area contributed by atoms with E-state index < -0.39 is 10.0 Å². The summed E-state index contributed by atoms with van der Waals surface area (Å²) in [6, 6.07) is 3.10. The van der Waals surface area contributed by atoms with E-state index in [1.807, 2.05) is 6.92 Å². The fourth-order valence-electron chi connectivity index (χ4n) is 1.58. The topological polar surface area (TPSA) is 97.1 Å². The van der Waals surface area contributed by atoms with Gasteiger partial charge in [0.25, 0.3) is 0 Å². The van der Waals surface area contributed by atoms with E-state index in [9.17, 15) is 8.42 Å². The lowest BCUT2D eigenvalue weighted by Gasteiger charge is -2.11. The molecule has 114 valence electrons. The average molecular weight is 375 g/mol. The Hall–Kier alpha value is -1.45. The molecule has 0 atom stereocenters. The van der Waals surface area contributed by atoms with Crippen molar-refractivity contribution in [3.8, 4) is 0 Å². The van der Waals surface area contributed by atoms with Crippen molar-refractivity contribution in [2.24, 2.45) is 0 Å². The van der Waals surface area contributed by atoms with Gasteiger partial charge in [-0.05, 0) is 28.4 Å². The van der Waals surface area contributed by atoms with Crippen molar-refractivity contribution >= 4 is 31.8 Å². The second kappa shape index (κ2) is 7.01. The molecule has 2 aromatic heterocycles. The van der Waals surface area contributed by atoms with Gasteiger partial charge in [0.05, 0.1) is 12.7 Å². The number of aromatic nitrogens is 2. The molecule has 2 aromatic rings. The number of halogens is 1. The summed E-state index contributed by atoms with van der Waals surface area (Å²) in [4.78, 5) is 4.20. The Balaban J connectivity index is 2.23. The van der Waals surface area contributed by atoms with Crippen LogP contribution >= 0.6 is 15.9 Å². The Bertz CT molecular complexity index is 689. The summed E-state index contributed by atoms with van der Waals surface area (Å²) in [5.74, 6) is 0.759. The van der Waals surface area contributed by atoms with Crippen LogP contribution in [0.15, 0.2) is 38.4 Å². The average Bonchev–Trinajstić information content (AvgIpc) is 2.97. The maximum Gasteiger partial charge on any atom is 0.244 e. The van der Waals surface area contributed by atoms with Crippen LogP contribution in [-0.2, 0) is 16.6 Å². The lowest BCUT2D eigenvalue weighted by Crippen LogP contribution is -2.24. The first kappa shape index (κ1) is 15.9. The van der Waals surface area contributed by atoms with E-state index in [0.29, 0.717) is 22.6 Å². The van der Waals surface area contributed by atoms with Gasteiger partial charge in [0.1, 0.15) is 10.7 Å². The number of nitrogens with zero attached hydrogens (tertiary/aromatic N) is 2. The van der Waals surface area contributed by atoms with E-state index in [0.717, 1.165) is 6.42 Å². The SMILES string of the molecule is CCCNc1ncc(Br)cc1S(=O)(=O)NCc1ccno1. The van der Waals surface area contributed by atoms with Gasteiger partial charge in [-0.25, -0.2) is 18.1 Å². The highest BCUT2D eigenvalue weighted by molar-refractivity contribution is 9.10. The summed E-state index contributed by atoms with van der Waals surface area (Å²) >= 11 is 3.24. The molecular formula is C12H15BrN4O3S. The molecule has 0 aliphatic rings. The van der Waals surface area contributed by atoms with Gasteiger partial charge in [0, 0.05) is 23.3 Å². The Morgan fingerprint density at radius 1 is 1.43 bits per heavy atom. The van der Waals surface area contributed by atoms with E-state index in [4.69, 9.17) is 4.52 Å². The van der Waals surface area contributed by atoms with E-state index in [1.54, 1.807) is 12.3 Å². The van der Waals surface area contributed by atoms with Crippen molar-refractivity contribution in [2.75, 3.05) is 11.9 Å². The summed E-state index contributed by atoms with van der Waals surface area (Å²) in [6.07, 6.45) is 3.87. The molecule has 2 N–H and O–H groups in total. The van der Waals surface area contributed by atoms with Gasteiger partial charge in [-0.2, -0.15) is 0 Å². The van der Waals surface area contributed by atoms with E-state index in [2.05, 4.69) is 36.1 Å². The van der Waals surface area contributed by atoms with E-state index in [-0.39, 0.29) is 11.4 Å². The number of nitrogens with one attached hydrogen (secondary N) is 2. The van der Waals surface area contributed by atoms with Crippen LogP contribution in [-0.4, -0.2) is 25.1 Å². The normalized spacial score (nSPS) is 11.5. The first-order chi connectivity index (χ1) is 10.0. The maximum absolute atomic E-state index is 12.4. The highest BCUT2D eigenvalue weighted by Crippen LogP contribution is 2.23. The molecule has 0 unspecified atom stereocenters. The summed E-state index contributed by atoms with van der Waals surface area (Å²) in [5.41, 5.74) is 0. The largest absolute Gasteiger partial charge is 0.369 e. The second-order valence-corrected chi connectivity index (χ2v) is 6.88. The third-order valence-electron chi connectivity index (χ3n) is 2.58. The summed E-state index contributed by atoms with van der Waals surface area (Å²) in [5, 5.41) is 6.53. The number of pyridine rings is 1. The van der Waals surface area contributed by atoms with Crippen molar-refractivity contribution in [3.05, 3.63) is 34.8 Å². The quantitative estimate of drug-likeness (QED) is 0.770. The molecule has 0 radical (unpaired) electrons. The van der Waals surface area contributed by atoms with Gasteiger partial charge in [0.2, 0.25) is 10.0 Å². The van der Waals surface area contributed by atoms with Crippen LogP contribution in [0.25, 0.3) is 0 Å². The number of rotatable bonds is 7. The van der Waals surface area contributed by atoms with Gasteiger partial charge in [0.15, 0.2) is 5.76 Å². The highest BCUT2D eigenvalue weighted by atomic mass is 79.9. The van der Waals surface area contributed by atoms with Crippen LogP contribution in [0.4, 0.5) is 5.82 Å². The van der Waals surface area contributed by atoms with Crippen molar-refractivity contribution in [1.82, 2.24) is 14.9 Å². The minimum Gasteiger partial charge on any atom is -0.369 e. The van der Waals surface area contributed by atoms with Crippen LogP contribution in [0.1, 0.15) is 19.1 Å². The number of hydrogen-bond acceptors (Lipinski definition) is 6. The molecule has 0 saturated carbocycles. The zero-order valence-electron chi connectivity index (χ0n) is 11.3. The van der Waals surface area contributed by atoms with Crippen LogP contribution in [0.3, 0.4) is 0 Å². The first-order valence-corrected chi connectivity index (χ1v) is 8.59. The van der Waals surface area contributed by atoms with E-state index >= 15 is 0 Å². The minimum atomic E-state index is -3.71. The monoisotopic (exact) mass is 374 g/mol. The van der Waals surface area contributed by atoms with Gasteiger partial charge in [-0.3, -0.25) is 0 Å². The molecule has 0 aliphatic heterocycles. The fraction of sp³-hybridized carbons (Fsp3) is 0.333. The molecule has 9 heteroatoms.